The summed E-state index contributed by atoms with van der Waals surface area (Å²) < 4.78 is 0. The second-order valence-corrected chi connectivity index (χ2v) is 11.4. The topological polar surface area (TPSA) is 149 Å². The van der Waals surface area contributed by atoms with E-state index in [-0.39, 0.29) is 24.4 Å². The van der Waals surface area contributed by atoms with E-state index in [9.17, 15) is 29.4 Å². The highest BCUT2D eigenvalue weighted by Gasteiger charge is 2.47. The molecule has 2 atom stereocenters. The first kappa shape index (κ1) is 32.7. The molecule has 2 aliphatic carbocycles. The zero-order valence-electron chi connectivity index (χ0n) is 23.5. The summed E-state index contributed by atoms with van der Waals surface area (Å²) >= 11 is 0. The molecule has 0 fully saturated rings. The molecule has 8 heteroatoms. The summed E-state index contributed by atoms with van der Waals surface area (Å²) in [7, 11) is 0. The Morgan fingerprint density at radius 2 is 1.00 bits per heavy atom. The largest absolute Gasteiger partial charge is 0.478 e. The average molecular weight is 529 g/mol. The molecule has 208 valence electrons. The van der Waals surface area contributed by atoms with Crippen molar-refractivity contribution in [3.8, 4) is 0 Å². The third-order valence-electron chi connectivity index (χ3n) is 7.13. The maximum absolute atomic E-state index is 11.6. The van der Waals surface area contributed by atoms with E-state index in [1.54, 1.807) is 52.0 Å². The number of hydrogen-bond donors (Lipinski definition) is 4. The Balaban J connectivity index is 0.000000380. The van der Waals surface area contributed by atoms with Crippen molar-refractivity contribution in [2.24, 2.45) is 10.8 Å². The van der Waals surface area contributed by atoms with E-state index in [2.05, 4.69) is 0 Å². The smallest absolute Gasteiger partial charge is 0.328 e. The number of rotatable bonds is 6. The van der Waals surface area contributed by atoms with E-state index >= 15 is 0 Å². The van der Waals surface area contributed by atoms with Crippen molar-refractivity contribution >= 4 is 23.5 Å². The van der Waals surface area contributed by atoms with E-state index in [0.717, 1.165) is 12.2 Å². The summed E-state index contributed by atoms with van der Waals surface area (Å²) in [6.07, 6.45) is 11.8. The lowest BCUT2D eigenvalue weighted by Gasteiger charge is -2.44. The van der Waals surface area contributed by atoms with Gasteiger partial charge in [-0.25, -0.2) is 9.59 Å². The van der Waals surface area contributed by atoms with E-state index in [1.807, 2.05) is 27.7 Å². The Hall–Kier alpha value is -3.36. The SMILES string of the molecule is CC1=CC(=O)CC(C)(C)[C@@]1(O)/C=C/C(C)=C/C(=O)O.CC1=CC(=O)CC(C)(C)[C@@]1(O)/C=C/C(C)=C\C(=O)O. The van der Waals surface area contributed by atoms with E-state index in [0.29, 0.717) is 22.3 Å². The van der Waals surface area contributed by atoms with Crippen molar-refractivity contribution in [2.75, 3.05) is 0 Å². The summed E-state index contributed by atoms with van der Waals surface area (Å²) in [5, 5.41) is 38.9. The van der Waals surface area contributed by atoms with Crippen molar-refractivity contribution in [1.82, 2.24) is 0 Å². The van der Waals surface area contributed by atoms with Crippen molar-refractivity contribution in [2.45, 2.75) is 79.4 Å². The molecule has 0 bridgehead atoms. The van der Waals surface area contributed by atoms with Gasteiger partial charge in [0.2, 0.25) is 0 Å². The minimum Gasteiger partial charge on any atom is -0.478 e. The van der Waals surface area contributed by atoms with Crippen LogP contribution in [-0.4, -0.2) is 55.1 Å². The number of aliphatic carboxylic acids is 2. The van der Waals surface area contributed by atoms with Gasteiger partial charge in [0.25, 0.3) is 0 Å². The van der Waals surface area contributed by atoms with Gasteiger partial charge in [0.15, 0.2) is 11.6 Å². The number of aliphatic hydroxyl groups is 2. The van der Waals surface area contributed by atoms with Crippen LogP contribution >= 0.6 is 0 Å². The first-order chi connectivity index (χ1) is 17.2. The molecule has 0 amide bonds. The molecule has 2 rings (SSSR count). The number of carbonyl (C=O) groups excluding carboxylic acids is 2. The van der Waals surface area contributed by atoms with Gasteiger partial charge in [0.05, 0.1) is 0 Å². The van der Waals surface area contributed by atoms with Crippen LogP contribution in [0.1, 0.15) is 68.2 Å². The quantitative estimate of drug-likeness (QED) is 0.291. The lowest BCUT2D eigenvalue weighted by molar-refractivity contribution is -0.132. The molecule has 0 unspecified atom stereocenters. The zero-order chi connectivity index (χ0) is 29.7. The van der Waals surface area contributed by atoms with Crippen LogP contribution < -0.4 is 0 Å². The minimum absolute atomic E-state index is 0.00150. The summed E-state index contributed by atoms with van der Waals surface area (Å²) in [5.41, 5.74) is -1.52. The molecule has 38 heavy (non-hydrogen) atoms. The lowest BCUT2D eigenvalue weighted by atomic mass is 9.64. The third-order valence-corrected chi connectivity index (χ3v) is 7.13. The Morgan fingerprint density at radius 1 is 0.711 bits per heavy atom. The van der Waals surface area contributed by atoms with E-state index < -0.39 is 34.0 Å². The molecule has 8 nitrogen and oxygen atoms in total. The predicted octanol–water partition coefficient (Wildman–Crippen LogP) is 4.50. The van der Waals surface area contributed by atoms with Gasteiger partial charge in [-0.1, -0.05) is 39.8 Å². The molecule has 0 aromatic heterocycles. The van der Waals surface area contributed by atoms with Gasteiger partial charge in [-0.15, -0.1) is 0 Å². The molecule has 0 heterocycles. The van der Waals surface area contributed by atoms with Gasteiger partial charge >= 0.3 is 11.9 Å². The second kappa shape index (κ2) is 12.0. The number of carboxylic acids is 2. The number of carboxylic acid groups (broad SMARTS) is 2. The normalized spacial score (nSPS) is 27.5. The van der Waals surface area contributed by atoms with E-state index in [4.69, 9.17) is 10.2 Å². The average Bonchev–Trinajstić information content (AvgIpc) is 2.72. The van der Waals surface area contributed by atoms with Crippen LogP contribution in [0, 0.1) is 10.8 Å². The van der Waals surface area contributed by atoms with Crippen LogP contribution in [0.3, 0.4) is 0 Å². The molecule has 0 spiro atoms. The van der Waals surface area contributed by atoms with Crippen LogP contribution in [0.25, 0.3) is 0 Å². The first-order valence-corrected chi connectivity index (χ1v) is 12.3. The predicted molar refractivity (Wildman–Crippen MR) is 145 cm³/mol. The third kappa shape index (κ3) is 7.82. The first-order valence-electron chi connectivity index (χ1n) is 12.3. The fourth-order valence-corrected chi connectivity index (χ4v) is 4.72. The maximum Gasteiger partial charge on any atom is 0.328 e. The van der Waals surface area contributed by atoms with Crippen LogP contribution in [0.4, 0.5) is 0 Å². The zero-order valence-corrected chi connectivity index (χ0v) is 23.5. The lowest BCUT2D eigenvalue weighted by Crippen LogP contribution is -2.48. The molecular formula is C30H40O8. The Morgan fingerprint density at radius 3 is 1.24 bits per heavy atom. The molecule has 0 aromatic rings. The van der Waals surface area contributed by atoms with Gasteiger partial charge in [-0.2, -0.15) is 0 Å². The number of hydrogen-bond acceptors (Lipinski definition) is 6. The monoisotopic (exact) mass is 528 g/mol. The highest BCUT2D eigenvalue weighted by molar-refractivity contribution is 5.93. The Labute approximate surface area is 224 Å². The van der Waals surface area contributed by atoms with Gasteiger partial charge in [0.1, 0.15) is 11.2 Å². The van der Waals surface area contributed by atoms with Crippen LogP contribution in [0.15, 0.2) is 70.9 Å². The van der Waals surface area contributed by atoms with Gasteiger partial charge < -0.3 is 20.4 Å². The van der Waals surface area contributed by atoms with Crippen LogP contribution in [-0.2, 0) is 19.2 Å². The molecule has 4 N–H and O–H groups in total. The molecular weight excluding hydrogens is 488 g/mol. The number of ketones is 2. The highest BCUT2D eigenvalue weighted by Crippen LogP contribution is 2.45. The van der Waals surface area contributed by atoms with E-state index in [1.165, 1.54) is 12.2 Å². The molecule has 0 saturated carbocycles. The van der Waals surface area contributed by atoms with Crippen LogP contribution in [0.2, 0.25) is 0 Å². The fraction of sp³-hybridized carbons (Fsp3) is 0.467. The van der Waals surface area contributed by atoms with Crippen molar-refractivity contribution < 1.29 is 39.6 Å². The molecule has 0 saturated heterocycles. The van der Waals surface area contributed by atoms with Crippen molar-refractivity contribution in [3.05, 3.63) is 70.9 Å². The summed E-state index contributed by atoms with van der Waals surface area (Å²) in [6, 6.07) is 0. The summed E-state index contributed by atoms with van der Waals surface area (Å²) in [6.45, 7) is 14.0. The molecule has 0 aromatic carbocycles. The summed E-state index contributed by atoms with van der Waals surface area (Å²) in [4.78, 5) is 44.2. The Bertz CT molecular complexity index is 1080. The van der Waals surface area contributed by atoms with Crippen molar-refractivity contribution in [3.63, 3.8) is 0 Å². The fourth-order valence-electron chi connectivity index (χ4n) is 4.72. The molecule has 0 aliphatic heterocycles. The maximum atomic E-state index is 11.6. The standard InChI is InChI=1S/2C15H20O4/c2*1-10(7-13(17)18)5-6-15(19)11(2)8-12(16)9-14(15,3)4/h2*5-8,19H,9H2,1-4H3,(H,17,18)/b6-5+,10-7+;6-5+,10-7-/t2*15-/m11/s1. The second-order valence-electron chi connectivity index (χ2n) is 11.4. The minimum atomic E-state index is -1.24. The molecule has 0 radical (unpaired) electrons. The van der Waals surface area contributed by atoms with Crippen LogP contribution in [0.5, 0.6) is 0 Å². The molecule has 2 aliphatic rings. The number of allylic oxidation sites excluding steroid dienone is 6. The van der Waals surface area contributed by atoms with Crippen molar-refractivity contribution in [1.29, 1.82) is 0 Å². The highest BCUT2D eigenvalue weighted by atomic mass is 16.4. The van der Waals surface area contributed by atoms with Gasteiger partial charge in [-0.05, 0) is 74.3 Å². The number of carbonyl (C=O) groups is 4. The summed E-state index contributed by atoms with van der Waals surface area (Å²) in [5.74, 6) is -2.06. The van der Waals surface area contributed by atoms with Gasteiger partial charge in [0, 0.05) is 35.8 Å². The Kier molecular flexibility index (Phi) is 10.3. The van der Waals surface area contributed by atoms with Gasteiger partial charge in [-0.3, -0.25) is 9.59 Å².